The zero-order valence-corrected chi connectivity index (χ0v) is 26.0. The number of hydrogen-bond acceptors (Lipinski definition) is 4. The molecule has 3 aromatic carbocycles. The van der Waals surface area contributed by atoms with Crippen molar-refractivity contribution in [2.45, 2.75) is 64.1 Å². The number of carbonyl (C=O) groups excluding carboxylic acids is 2. The molecule has 0 unspecified atom stereocenters. The van der Waals surface area contributed by atoms with Gasteiger partial charge in [0.05, 0.1) is 10.6 Å². The van der Waals surface area contributed by atoms with Crippen molar-refractivity contribution in [2.24, 2.45) is 0 Å². The third kappa shape index (κ3) is 8.28. The van der Waals surface area contributed by atoms with Gasteiger partial charge in [0.2, 0.25) is 11.8 Å². The highest BCUT2D eigenvalue weighted by Crippen LogP contribution is 2.25. The van der Waals surface area contributed by atoms with Crippen LogP contribution in [0.5, 0.6) is 0 Å². The van der Waals surface area contributed by atoms with E-state index in [1.807, 2.05) is 58.9 Å². The maximum Gasteiger partial charge on any atom is 0.264 e. The Morgan fingerprint density at radius 3 is 2.05 bits per heavy atom. The molecule has 208 valence electrons. The van der Waals surface area contributed by atoms with Crippen LogP contribution in [0.25, 0.3) is 0 Å². The van der Waals surface area contributed by atoms with E-state index in [2.05, 4.69) is 27.9 Å². The van der Waals surface area contributed by atoms with Crippen LogP contribution >= 0.6 is 22.6 Å². The topological polar surface area (TPSA) is 86.8 Å². The van der Waals surface area contributed by atoms with Crippen LogP contribution in [0.3, 0.4) is 0 Å². The highest BCUT2D eigenvalue weighted by atomic mass is 127. The molecule has 0 aliphatic rings. The first kappa shape index (κ1) is 30.6. The molecular formula is C30H36IN3O4S. The van der Waals surface area contributed by atoms with Crippen LogP contribution in [0.1, 0.15) is 45.2 Å². The normalized spacial score (nSPS) is 12.5. The number of anilines is 1. The first-order valence-corrected chi connectivity index (χ1v) is 15.3. The zero-order valence-electron chi connectivity index (χ0n) is 23.0. The third-order valence-electron chi connectivity index (χ3n) is 6.08. The summed E-state index contributed by atoms with van der Waals surface area (Å²) in [5.74, 6) is -0.748. The molecule has 0 radical (unpaired) electrons. The first-order chi connectivity index (χ1) is 18.3. The van der Waals surface area contributed by atoms with Gasteiger partial charge in [-0.2, -0.15) is 0 Å². The molecule has 2 amide bonds. The molecule has 1 N–H and O–H groups in total. The SMILES string of the molecule is CC[C@@H](C(=O)NC(C)(C)C)N(Cc1ccc(C)cc1)C(=O)CN(c1ccc(I)cc1)S(=O)(=O)c1ccccc1. The fraction of sp³-hybridized carbons (Fsp3) is 0.333. The van der Waals surface area contributed by atoms with Crippen molar-refractivity contribution in [1.82, 2.24) is 10.2 Å². The quantitative estimate of drug-likeness (QED) is 0.290. The maximum atomic E-state index is 14.1. The average molecular weight is 662 g/mol. The van der Waals surface area contributed by atoms with Crippen molar-refractivity contribution in [3.05, 3.63) is 93.6 Å². The number of carbonyl (C=O) groups is 2. The minimum Gasteiger partial charge on any atom is -0.350 e. The molecule has 0 aliphatic heterocycles. The van der Waals surface area contributed by atoms with Crippen LogP contribution in [0.15, 0.2) is 83.8 Å². The maximum absolute atomic E-state index is 14.1. The van der Waals surface area contributed by atoms with Gasteiger partial charge in [-0.3, -0.25) is 13.9 Å². The summed E-state index contributed by atoms with van der Waals surface area (Å²) in [4.78, 5) is 29.0. The van der Waals surface area contributed by atoms with Crippen molar-refractivity contribution < 1.29 is 18.0 Å². The van der Waals surface area contributed by atoms with Crippen molar-refractivity contribution in [3.8, 4) is 0 Å². The third-order valence-corrected chi connectivity index (χ3v) is 8.59. The van der Waals surface area contributed by atoms with E-state index in [-0.39, 0.29) is 17.3 Å². The second-order valence-electron chi connectivity index (χ2n) is 10.5. The van der Waals surface area contributed by atoms with E-state index in [0.29, 0.717) is 12.1 Å². The number of benzene rings is 3. The Bertz CT molecular complexity index is 1370. The lowest BCUT2D eigenvalue weighted by Crippen LogP contribution is -2.55. The molecule has 1 atom stereocenters. The van der Waals surface area contributed by atoms with Crippen LogP contribution in [0, 0.1) is 10.5 Å². The molecule has 39 heavy (non-hydrogen) atoms. The fourth-order valence-electron chi connectivity index (χ4n) is 4.12. The number of halogens is 1. The highest BCUT2D eigenvalue weighted by molar-refractivity contribution is 14.1. The smallest absolute Gasteiger partial charge is 0.264 e. The first-order valence-electron chi connectivity index (χ1n) is 12.8. The van der Waals surface area contributed by atoms with Crippen molar-refractivity contribution in [1.29, 1.82) is 0 Å². The summed E-state index contributed by atoms with van der Waals surface area (Å²) in [6.07, 6.45) is 0.370. The van der Waals surface area contributed by atoms with Crippen LogP contribution in [0.2, 0.25) is 0 Å². The van der Waals surface area contributed by atoms with Crippen molar-refractivity contribution in [2.75, 3.05) is 10.8 Å². The summed E-state index contributed by atoms with van der Waals surface area (Å²) in [7, 11) is -4.07. The second-order valence-corrected chi connectivity index (χ2v) is 13.6. The Morgan fingerprint density at radius 1 is 0.923 bits per heavy atom. The second kappa shape index (κ2) is 13.0. The van der Waals surface area contributed by atoms with Gasteiger partial charge in [-0.15, -0.1) is 0 Å². The highest BCUT2D eigenvalue weighted by Gasteiger charge is 2.34. The van der Waals surface area contributed by atoms with Crippen LogP contribution in [0.4, 0.5) is 5.69 Å². The van der Waals surface area contributed by atoms with Gasteiger partial charge < -0.3 is 10.2 Å². The predicted octanol–water partition coefficient (Wildman–Crippen LogP) is 5.52. The number of nitrogens with one attached hydrogen (secondary N) is 1. The summed E-state index contributed by atoms with van der Waals surface area (Å²) in [6, 6.07) is 22.0. The zero-order chi connectivity index (χ0) is 28.8. The molecule has 3 rings (SSSR count). The molecule has 0 bridgehead atoms. The van der Waals surface area contributed by atoms with Crippen molar-refractivity contribution >= 4 is 50.1 Å². The van der Waals surface area contributed by atoms with Gasteiger partial charge in [-0.05, 0) is 98.7 Å². The number of nitrogens with zero attached hydrogens (tertiary/aromatic N) is 2. The largest absolute Gasteiger partial charge is 0.350 e. The van der Waals surface area contributed by atoms with Crippen LogP contribution in [-0.4, -0.2) is 43.3 Å². The number of sulfonamides is 1. The number of hydrogen-bond donors (Lipinski definition) is 1. The van der Waals surface area contributed by atoms with E-state index in [0.717, 1.165) is 19.0 Å². The Balaban J connectivity index is 2.05. The predicted molar refractivity (Wildman–Crippen MR) is 164 cm³/mol. The lowest BCUT2D eigenvalue weighted by atomic mass is 10.1. The van der Waals surface area contributed by atoms with Gasteiger partial charge in [0, 0.05) is 15.7 Å². The fourth-order valence-corrected chi connectivity index (χ4v) is 5.91. The Hall–Kier alpha value is -2.92. The monoisotopic (exact) mass is 661 g/mol. The molecule has 7 nitrogen and oxygen atoms in total. The van der Waals surface area contributed by atoms with Crippen LogP contribution < -0.4 is 9.62 Å². The number of amides is 2. The average Bonchev–Trinajstić information content (AvgIpc) is 2.88. The van der Waals surface area contributed by atoms with E-state index in [9.17, 15) is 18.0 Å². The summed E-state index contributed by atoms with van der Waals surface area (Å²) >= 11 is 2.15. The van der Waals surface area contributed by atoms with Gasteiger partial charge in [0.15, 0.2) is 0 Å². The molecule has 0 aromatic heterocycles. The lowest BCUT2D eigenvalue weighted by Gasteiger charge is -2.34. The lowest BCUT2D eigenvalue weighted by molar-refractivity contribution is -0.141. The molecule has 0 saturated heterocycles. The van der Waals surface area contributed by atoms with E-state index in [4.69, 9.17) is 0 Å². The van der Waals surface area contributed by atoms with Crippen molar-refractivity contribution in [3.63, 3.8) is 0 Å². The molecule has 9 heteroatoms. The molecule has 3 aromatic rings. The number of aryl methyl sites for hydroxylation is 1. The molecular weight excluding hydrogens is 625 g/mol. The van der Waals surface area contributed by atoms with Gasteiger partial charge in [-0.25, -0.2) is 8.42 Å². The minimum absolute atomic E-state index is 0.0824. The van der Waals surface area contributed by atoms with Gasteiger partial charge in [0.25, 0.3) is 10.0 Å². The van der Waals surface area contributed by atoms with Gasteiger partial charge in [0.1, 0.15) is 12.6 Å². The Kier molecular flexibility index (Phi) is 10.2. The van der Waals surface area contributed by atoms with E-state index in [1.165, 1.54) is 17.0 Å². The Morgan fingerprint density at radius 2 is 1.51 bits per heavy atom. The minimum atomic E-state index is -4.07. The molecule has 0 saturated carbocycles. The summed E-state index contributed by atoms with van der Waals surface area (Å²) < 4.78 is 29.7. The summed E-state index contributed by atoms with van der Waals surface area (Å²) in [6.45, 7) is 9.19. The standard InChI is InChI=1S/C30H36IN3O4S/c1-6-27(29(36)32-30(3,4)5)33(20-23-14-12-22(2)13-15-23)28(35)21-34(25-18-16-24(31)17-19-25)39(37,38)26-10-8-7-9-11-26/h7-19,27H,6,20-21H2,1-5H3,(H,32,36)/t27-/m0/s1. The van der Waals surface area contributed by atoms with E-state index >= 15 is 0 Å². The summed E-state index contributed by atoms with van der Waals surface area (Å²) in [5, 5.41) is 2.98. The van der Waals surface area contributed by atoms with Crippen LogP contribution in [-0.2, 0) is 26.2 Å². The van der Waals surface area contributed by atoms with E-state index < -0.39 is 34.1 Å². The molecule has 0 spiro atoms. The van der Waals surface area contributed by atoms with Gasteiger partial charge >= 0.3 is 0 Å². The Labute approximate surface area is 245 Å². The summed E-state index contributed by atoms with van der Waals surface area (Å²) in [5.41, 5.74) is 1.80. The van der Waals surface area contributed by atoms with E-state index in [1.54, 1.807) is 42.5 Å². The molecule has 0 heterocycles. The number of rotatable bonds is 10. The molecule has 0 aliphatic carbocycles. The molecule has 0 fully saturated rings. The van der Waals surface area contributed by atoms with Gasteiger partial charge in [-0.1, -0.05) is 55.0 Å².